The van der Waals surface area contributed by atoms with E-state index in [1.165, 1.54) is 31.2 Å². The van der Waals surface area contributed by atoms with Gasteiger partial charge in [0, 0.05) is 12.1 Å². The van der Waals surface area contributed by atoms with Crippen molar-refractivity contribution in [2.75, 3.05) is 5.32 Å². The normalized spacial score (nSPS) is 21.9. The molecule has 0 bridgehead atoms. The lowest BCUT2D eigenvalue weighted by Gasteiger charge is -2.22. The van der Waals surface area contributed by atoms with E-state index < -0.39 is 0 Å². The van der Waals surface area contributed by atoms with Gasteiger partial charge in [0.1, 0.15) is 0 Å². The molecule has 114 valence electrons. The Morgan fingerprint density at radius 1 is 1.05 bits per heavy atom. The average Bonchev–Trinajstić information content (AvgIpc) is 2.85. The molecule has 1 atom stereocenters. The minimum absolute atomic E-state index is 0.103. The number of hydrogen-bond donors (Lipinski definition) is 2. The molecule has 21 heavy (non-hydrogen) atoms. The number of hydrogen-bond acceptors (Lipinski definition) is 2. The molecular weight excluding hydrogens is 262 g/mol. The van der Waals surface area contributed by atoms with Gasteiger partial charge in [0.15, 0.2) is 0 Å². The third-order valence-corrected chi connectivity index (χ3v) is 4.94. The smallest absolute Gasteiger partial charge is 0.224 e. The van der Waals surface area contributed by atoms with Gasteiger partial charge in [0.25, 0.3) is 0 Å². The quantitative estimate of drug-likeness (QED) is 0.809. The summed E-state index contributed by atoms with van der Waals surface area (Å²) in [5.74, 6) is 0.497. The number of anilines is 1. The highest BCUT2D eigenvalue weighted by Crippen LogP contribution is 2.35. The van der Waals surface area contributed by atoms with E-state index in [1.807, 2.05) is 12.1 Å². The molecule has 2 N–H and O–H groups in total. The lowest BCUT2D eigenvalue weighted by Crippen LogP contribution is -2.13. The fourth-order valence-electron chi connectivity index (χ4n) is 3.68. The second-order valence-electron chi connectivity index (χ2n) is 6.51. The van der Waals surface area contributed by atoms with Crippen LogP contribution in [-0.4, -0.2) is 11.0 Å². The number of fused-ring (bicyclic) bond motifs is 1. The molecule has 1 aliphatic heterocycles. The van der Waals surface area contributed by atoms with Crippen LogP contribution in [0.2, 0.25) is 0 Å². The molecule has 0 spiro atoms. The van der Waals surface area contributed by atoms with Crippen LogP contribution >= 0.6 is 0 Å². The number of aliphatic hydroxyl groups excluding tert-OH is 1. The fraction of sp³-hybridized carbons (Fsp3) is 0.611. The first-order valence-corrected chi connectivity index (χ1v) is 8.35. The van der Waals surface area contributed by atoms with E-state index in [4.69, 9.17) is 0 Å². The van der Waals surface area contributed by atoms with E-state index in [2.05, 4.69) is 11.4 Å². The van der Waals surface area contributed by atoms with Gasteiger partial charge < -0.3 is 10.4 Å². The summed E-state index contributed by atoms with van der Waals surface area (Å²) >= 11 is 0. The second kappa shape index (κ2) is 6.61. The van der Waals surface area contributed by atoms with Crippen molar-refractivity contribution in [3.05, 3.63) is 29.3 Å². The van der Waals surface area contributed by atoms with Gasteiger partial charge in [0.05, 0.1) is 6.10 Å². The van der Waals surface area contributed by atoms with Crippen molar-refractivity contribution >= 4 is 11.6 Å². The number of rotatable bonds is 2. The Morgan fingerprint density at radius 2 is 1.81 bits per heavy atom. The number of carbonyl (C=O) groups is 1. The summed E-state index contributed by atoms with van der Waals surface area (Å²) in [5.41, 5.74) is 3.12. The van der Waals surface area contributed by atoms with Crippen molar-refractivity contribution in [2.45, 2.75) is 63.9 Å². The molecule has 3 heteroatoms. The number of nitrogens with one attached hydrogen (secondary N) is 1. The van der Waals surface area contributed by atoms with Crippen LogP contribution in [0.15, 0.2) is 18.2 Å². The molecule has 3 rings (SSSR count). The molecular formula is C18H25NO2. The minimum atomic E-state index is -0.354. The average molecular weight is 287 g/mol. The van der Waals surface area contributed by atoms with Gasteiger partial charge >= 0.3 is 0 Å². The van der Waals surface area contributed by atoms with E-state index in [0.29, 0.717) is 12.3 Å². The van der Waals surface area contributed by atoms with E-state index >= 15 is 0 Å². The Morgan fingerprint density at radius 3 is 2.57 bits per heavy atom. The van der Waals surface area contributed by atoms with Gasteiger partial charge in [0.2, 0.25) is 5.91 Å². The molecule has 1 saturated carbocycles. The van der Waals surface area contributed by atoms with Crippen LogP contribution in [0.5, 0.6) is 0 Å². The third-order valence-electron chi connectivity index (χ3n) is 4.94. The van der Waals surface area contributed by atoms with Crippen molar-refractivity contribution in [3.63, 3.8) is 0 Å². The number of carbonyl (C=O) groups excluding carboxylic acids is 1. The zero-order valence-corrected chi connectivity index (χ0v) is 12.6. The minimum Gasteiger partial charge on any atom is -0.388 e. The van der Waals surface area contributed by atoms with Gasteiger partial charge in [-0.05, 0) is 48.8 Å². The first-order valence-electron chi connectivity index (χ1n) is 8.35. The Kier molecular flexibility index (Phi) is 4.59. The lowest BCUT2D eigenvalue weighted by molar-refractivity contribution is -0.116. The summed E-state index contributed by atoms with van der Waals surface area (Å²) < 4.78 is 0. The van der Waals surface area contributed by atoms with E-state index in [1.54, 1.807) is 0 Å². The SMILES string of the molecule is O=C1CCCc2cc(C(O)C3CCCCCC3)ccc2N1. The molecule has 1 aromatic carbocycles. The zero-order valence-electron chi connectivity index (χ0n) is 12.6. The summed E-state index contributed by atoms with van der Waals surface area (Å²) in [4.78, 5) is 11.6. The second-order valence-corrected chi connectivity index (χ2v) is 6.51. The van der Waals surface area contributed by atoms with E-state index in [0.717, 1.165) is 36.9 Å². The third kappa shape index (κ3) is 3.46. The van der Waals surface area contributed by atoms with Crippen molar-refractivity contribution < 1.29 is 9.90 Å². The fourth-order valence-corrected chi connectivity index (χ4v) is 3.68. The van der Waals surface area contributed by atoms with Crippen LogP contribution in [0, 0.1) is 5.92 Å². The van der Waals surface area contributed by atoms with Crippen LogP contribution < -0.4 is 5.32 Å². The predicted molar refractivity (Wildman–Crippen MR) is 84.2 cm³/mol. The molecule has 3 nitrogen and oxygen atoms in total. The van der Waals surface area contributed by atoms with Crippen LogP contribution in [-0.2, 0) is 11.2 Å². The molecule has 1 unspecified atom stereocenters. The first-order chi connectivity index (χ1) is 10.2. The van der Waals surface area contributed by atoms with Gasteiger partial charge in [-0.3, -0.25) is 4.79 Å². The van der Waals surface area contributed by atoms with Gasteiger partial charge in [-0.1, -0.05) is 37.8 Å². The molecule has 0 radical (unpaired) electrons. The molecule has 1 fully saturated rings. The maximum absolute atomic E-state index is 11.6. The molecule has 1 amide bonds. The van der Waals surface area contributed by atoms with Gasteiger partial charge in [-0.2, -0.15) is 0 Å². The highest BCUT2D eigenvalue weighted by atomic mass is 16.3. The predicted octanol–water partition coefficient (Wildman–Crippen LogP) is 3.97. The molecule has 0 saturated heterocycles. The number of aliphatic hydroxyl groups is 1. The van der Waals surface area contributed by atoms with Crippen molar-refractivity contribution in [2.24, 2.45) is 5.92 Å². The zero-order chi connectivity index (χ0) is 14.7. The van der Waals surface area contributed by atoms with E-state index in [-0.39, 0.29) is 12.0 Å². The molecule has 2 aliphatic rings. The first kappa shape index (κ1) is 14.6. The maximum Gasteiger partial charge on any atom is 0.224 e. The van der Waals surface area contributed by atoms with Gasteiger partial charge in [-0.15, -0.1) is 0 Å². The van der Waals surface area contributed by atoms with Gasteiger partial charge in [-0.25, -0.2) is 0 Å². The summed E-state index contributed by atoms with van der Waals surface area (Å²) in [6.45, 7) is 0. The topological polar surface area (TPSA) is 49.3 Å². The van der Waals surface area contributed by atoms with Crippen molar-refractivity contribution in [3.8, 4) is 0 Å². The molecule has 1 heterocycles. The number of benzene rings is 1. The highest BCUT2D eigenvalue weighted by Gasteiger charge is 2.23. The summed E-state index contributed by atoms with van der Waals surface area (Å²) in [7, 11) is 0. The highest BCUT2D eigenvalue weighted by molar-refractivity contribution is 5.92. The number of aryl methyl sites for hydroxylation is 1. The Bertz CT molecular complexity index is 504. The Balaban J connectivity index is 1.79. The van der Waals surface area contributed by atoms with Crippen LogP contribution in [0.4, 0.5) is 5.69 Å². The van der Waals surface area contributed by atoms with Crippen LogP contribution in [0.25, 0.3) is 0 Å². The largest absolute Gasteiger partial charge is 0.388 e. The van der Waals surface area contributed by atoms with Crippen molar-refractivity contribution in [1.29, 1.82) is 0 Å². The Hall–Kier alpha value is -1.35. The van der Waals surface area contributed by atoms with Crippen LogP contribution in [0.3, 0.4) is 0 Å². The summed E-state index contributed by atoms with van der Waals surface area (Å²) in [6.07, 6.45) is 9.40. The standard InChI is InChI=1S/C18H25NO2/c20-17-9-5-8-14-12-15(10-11-16(14)19-17)18(21)13-6-3-1-2-4-7-13/h10-13,18,21H,1-9H2,(H,19,20). The lowest BCUT2D eigenvalue weighted by atomic mass is 9.88. The van der Waals surface area contributed by atoms with Crippen LogP contribution in [0.1, 0.15) is 68.6 Å². The molecule has 1 aliphatic carbocycles. The molecule has 0 aromatic heterocycles. The Labute approximate surface area is 126 Å². The summed E-state index contributed by atoms with van der Waals surface area (Å²) in [5, 5.41) is 13.7. The summed E-state index contributed by atoms with van der Waals surface area (Å²) in [6, 6.07) is 6.06. The van der Waals surface area contributed by atoms with E-state index in [9.17, 15) is 9.90 Å². The van der Waals surface area contributed by atoms with Crippen molar-refractivity contribution in [1.82, 2.24) is 0 Å². The number of amides is 1. The molecule has 1 aromatic rings. The monoisotopic (exact) mass is 287 g/mol. The maximum atomic E-state index is 11.6.